The molecule has 0 aliphatic heterocycles. The summed E-state index contributed by atoms with van der Waals surface area (Å²) in [7, 11) is 0. The van der Waals surface area contributed by atoms with Gasteiger partial charge < -0.3 is 14.2 Å². The Bertz CT molecular complexity index is 874. The zero-order valence-corrected chi connectivity index (χ0v) is 39.5. The first-order valence-electron chi connectivity index (χ1n) is 25.9. The minimum Gasteiger partial charge on any atom is -0.462 e. The van der Waals surface area contributed by atoms with Crippen LogP contribution in [-0.2, 0) is 28.6 Å². The van der Waals surface area contributed by atoms with Gasteiger partial charge in [0.1, 0.15) is 13.2 Å². The van der Waals surface area contributed by atoms with Crippen LogP contribution in [0.3, 0.4) is 0 Å². The Hall–Kier alpha value is -1.59. The van der Waals surface area contributed by atoms with E-state index in [0.717, 1.165) is 63.7 Å². The summed E-state index contributed by atoms with van der Waals surface area (Å²) in [5.74, 6) is 0.0444. The van der Waals surface area contributed by atoms with E-state index < -0.39 is 6.10 Å². The molecule has 0 rings (SSSR count). The summed E-state index contributed by atoms with van der Waals surface area (Å²) in [4.78, 5) is 37.8. The van der Waals surface area contributed by atoms with Crippen molar-refractivity contribution in [1.82, 2.24) is 0 Å². The van der Waals surface area contributed by atoms with Crippen molar-refractivity contribution in [3.8, 4) is 0 Å². The smallest absolute Gasteiger partial charge is 0.306 e. The maximum Gasteiger partial charge on any atom is 0.306 e. The maximum absolute atomic E-state index is 12.7. The molecule has 0 amide bonds. The van der Waals surface area contributed by atoms with E-state index in [-0.39, 0.29) is 31.1 Å². The molecule has 0 heterocycles. The number of carbonyl (C=O) groups is 3. The monoisotopic (exact) mass is 821 g/mol. The fourth-order valence-corrected chi connectivity index (χ4v) is 7.83. The molecular formula is C52H100O6. The van der Waals surface area contributed by atoms with E-state index in [1.54, 1.807) is 0 Å². The van der Waals surface area contributed by atoms with Gasteiger partial charge in [0.05, 0.1) is 0 Å². The molecule has 0 aromatic carbocycles. The molecule has 0 aliphatic carbocycles. The van der Waals surface area contributed by atoms with Gasteiger partial charge in [-0.25, -0.2) is 0 Å². The Kier molecular flexibility index (Phi) is 45.2. The topological polar surface area (TPSA) is 78.9 Å². The number of esters is 3. The quantitative estimate of drug-likeness (QED) is 0.0346. The van der Waals surface area contributed by atoms with Crippen LogP contribution in [0.5, 0.6) is 0 Å². The lowest BCUT2D eigenvalue weighted by Crippen LogP contribution is -2.30. The third-order valence-electron chi connectivity index (χ3n) is 12.2. The Balaban J connectivity index is 4.15. The molecule has 344 valence electrons. The molecule has 0 radical (unpaired) electrons. The molecule has 0 N–H and O–H groups in total. The van der Waals surface area contributed by atoms with Crippen LogP contribution in [-0.4, -0.2) is 37.2 Å². The highest BCUT2D eigenvalue weighted by Gasteiger charge is 2.19. The van der Waals surface area contributed by atoms with Crippen molar-refractivity contribution in [1.29, 1.82) is 0 Å². The Morgan fingerprint density at radius 3 is 0.897 bits per heavy atom. The number of unbranched alkanes of at least 4 members (excludes halogenated alkanes) is 33. The van der Waals surface area contributed by atoms with Gasteiger partial charge in [-0.2, -0.15) is 0 Å². The van der Waals surface area contributed by atoms with Gasteiger partial charge >= 0.3 is 17.9 Å². The zero-order valence-electron chi connectivity index (χ0n) is 39.5. The Morgan fingerprint density at radius 1 is 0.345 bits per heavy atom. The molecule has 0 aromatic rings. The highest BCUT2D eigenvalue weighted by atomic mass is 16.6. The van der Waals surface area contributed by atoms with Crippen molar-refractivity contribution in [2.75, 3.05) is 13.2 Å². The van der Waals surface area contributed by atoms with E-state index in [2.05, 4.69) is 27.7 Å². The molecular weight excluding hydrogens is 721 g/mol. The van der Waals surface area contributed by atoms with Gasteiger partial charge in [0, 0.05) is 19.3 Å². The molecule has 0 bridgehead atoms. The molecule has 0 saturated carbocycles. The van der Waals surface area contributed by atoms with Crippen molar-refractivity contribution in [3.05, 3.63) is 0 Å². The third kappa shape index (κ3) is 44.0. The lowest BCUT2D eigenvalue weighted by atomic mass is 9.99. The van der Waals surface area contributed by atoms with Crippen LogP contribution in [0.4, 0.5) is 0 Å². The van der Waals surface area contributed by atoms with Crippen LogP contribution in [0.1, 0.15) is 291 Å². The predicted octanol–water partition coefficient (Wildman–Crippen LogP) is 16.7. The van der Waals surface area contributed by atoms with Crippen LogP contribution in [0.2, 0.25) is 0 Å². The molecule has 0 spiro atoms. The summed E-state index contributed by atoms with van der Waals surface area (Å²) in [6.45, 7) is 9.03. The second-order valence-electron chi connectivity index (χ2n) is 18.1. The summed E-state index contributed by atoms with van der Waals surface area (Å²) in [5, 5.41) is 0. The lowest BCUT2D eigenvalue weighted by molar-refractivity contribution is -0.167. The first-order valence-corrected chi connectivity index (χ1v) is 25.9. The fourth-order valence-electron chi connectivity index (χ4n) is 7.83. The molecule has 6 heteroatoms. The number of carbonyl (C=O) groups excluding carboxylic acids is 3. The van der Waals surface area contributed by atoms with Crippen molar-refractivity contribution in [2.45, 2.75) is 297 Å². The van der Waals surface area contributed by atoms with Crippen LogP contribution in [0, 0.1) is 5.92 Å². The summed E-state index contributed by atoms with van der Waals surface area (Å²) in [6, 6.07) is 0. The molecule has 0 saturated heterocycles. The largest absolute Gasteiger partial charge is 0.462 e. The van der Waals surface area contributed by atoms with E-state index in [1.165, 1.54) is 186 Å². The summed E-state index contributed by atoms with van der Waals surface area (Å²) in [6.07, 6.45) is 48.1. The van der Waals surface area contributed by atoms with Crippen molar-refractivity contribution < 1.29 is 28.6 Å². The van der Waals surface area contributed by atoms with Gasteiger partial charge in [-0.1, -0.05) is 252 Å². The van der Waals surface area contributed by atoms with Crippen LogP contribution >= 0.6 is 0 Å². The van der Waals surface area contributed by atoms with Gasteiger partial charge in [-0.05, 0) is 25.2 Å². The van der Waals surface area contributed by atoms with E-state index in [1.807, 2.05) is 0 Å². The zero-order chi connectivity index (χ0) is 42.4. The fraction of sp³-hybridized carbons (Fsp3) is 0.942. The standard InChI is InChI=1S/C52H100O6/c1-5-8-10-12-14-15-16-17-18-22-25-28-32-35-39-43-50(53)56-46-49(58-52(55)45-41-37-30-13-11-9-6-2)47-57-51(54)44-40-36-33-29-26-23-20-19-21-24-27-31-34-38-42-48(4)7-3/h48-49H,5-47H2,1-4H3/t48?,49-/m1/s1. The van der Waals surface area contributed by atoms with Gasteiger partial charge in [-0.15, -0.1) is 0 Å². The maximum atomic E-state index is 12.7. The second kappa shape index (κ2) is 46.5. The minimum atomic E-state index is -0.759. The Morgan fingerprint density at radius 2 is 0.603 bits per heavy atom. The molecule has 0 fully saturated rings. The van der Waals surface area contributed by atoms with E-state index in [0.29, 0.717) is 19.3 Å². The first-order chi connectivity index (χ1) is 28.4. The van der Waals surface area contributed by atoms with Crippen LogP contribution in [0.25, 0.3) is 0 Å². The normalized spacial score (nSPS) is 12.4. The lowest BCUT2D eigenvalue weighted by Gasteiger charge is -2.18. The van der Waals surface area contributed by atoms with E-state index in [4.69, 9.17) is 14.2 Å². The van der Waals surface area contributed by atoms with Crippen molar-refractivity contribution >= 4 is 17.9 Å². The summed E-state index contributed by atoms with van der Waals surface area (Å²) < 4.78 is 16.7. The van der Waals surface area contributed by atoms with Gasteiger partial charge in [0.25, 0.3) is 0 Å². The SMILES string of the molecule is CCCCCCCCCCCCCCCCCC(=O)OC[C@H](COC(=O)CCCCCCCCCCCCCCCCC(C)CC)OC(=O)CCCCCCCCC. The Labute approximate surface area is 361 Å². The predicted molar refractivity (Wildman–Crippen MR) is 247 cm³/mol. The molecule has 2 atom stereocenters. The van der Waals surface area contributed by atoms with Crippen LogP contribution in [0.15, 0.2) is 0 Å². The number of hydrogen-bond donors (Lipinski definition) is 0. The number of ether oxygens (including phenoxy) is 3. The summed E-state index contributed by atoms with van der Waals surface area (Å²) in [5.41, 5.74) is 0. The second-order valence-corrected chi connectivity index (χ2v) is 18.1. The molecule has 0 aromatic heterocycles. The highest BCUT2D eigenvalue weighted by Crippen LogP contribution is 2.18. The molecule has 58 heavy (non-hydrogen) atoms. The van der Waals surface area contributed by atoms with Gasteiger partial charge in [0.2, 0.25) is 0 Å². The molecule has 1 unspecified atom stereocenters. The minimum absolute atomic E-state index is 0.0634. The average molecular weight is 821 g/mol. The first kappa shape index (κ1) is 56.4. The number of hydrogen-bond acceptors (Lipinski definition) is 6. The molecule has 0 aliphatic rings. The van der Waals surface area contributed by atoms with Crippen molar-refractivity contribution in [3.63, 3.8) is 0 Å². The summed E-state index contributed by atoms with van der Waals surface area (Å²) >= 11 is 0. The molecule has 6 nitrogen and oxygen atoms in total. The van der Waals surface area contributed by atoms with Crippen LogP contribution < -0.4 is 0 Å². The number of rotatable bonds is 47. The van der Waals surface area contributed by atoms with E-state index in [9.17, 15) is 14.4 Å². The van der Waals surface area contributed by atoms with Gasteiger partial charge in [-0.3, -0.25) is 14.4 Å². The third-order valence-corrected chi connectivity index (χ3v) is 12.2. The average Bonchev–Trinajstić information content (AvgIpc) is 3.22. The highest BCUT2D eigenvalue weighted by molar-refractivity contribution is 5.71. The van der Waals surface area contributed by atoms with Crippen molar-refractivity contribution in [2.24, 2.45) is 5.92 Å². The van der Waals surface area contributed by atoms with E-state index >= 15 is 0 Å². The van der Waals surface area contributed by atoms with Gasteiger partial charge in [0.15, 0.2) is 6.10 Å².